The van der Waals surface area contributed by atoms with E-state index in [4.69, 9.17) is 26.2 Å². The van der Waals surface area contributed by atoms with Gasteiger partial charge in [0.05, 0.1) is 18.8 Å². The average Bonchev–Trinajstić information content (AvgIpc) is 2.44. The Morgan fingerprint density at radius 3 is 2.62 bits per heavy atom. The summed E-state index contributed by atoms with van der Waals surface area (Å²) < 4.78 is 10.3. The minimum atomic E-state index is -0.979. The van der Waals surface area contributed by atoms with Crippen LogP contribution in [0.15, 0.2) is 18.2 Å². The fraction of sp³-hybridized carbons (Fsp3) is 0.533. The second-order valence-electron chi connectivity index (χ2n) is 4.88. The van der Waals surface area contributed by atoms with Gasteiger partial charge in [0.2, 0.25) is 0 Å². The maximum atomic E-state index is 10.9. The molecule has 1 atom stereocenters. The van der Waals surface area contributed by atoms with Gasteiger partial charge in [-0.2, -0.15) is 0 Å². The van der Waals surface area contributed by atoms with Crippen LogP contribution in [0.2, 0.25) is 5.02 Å². The Labute approximate surface area is 130 Å². The summed E-state index contributed by atoms with van der Waals surface area (Å²) in [6, 6.07) is 5.01. The van der Waals surface area contributed by atoms with Crippen LogP contribution < -0.4 is 0 Å². The van der Waals surface area contributed by atoms with Crippen molar-refractivity contribution in [3.05, 3.63) is 34.3 Å². The molecule has 0 bridgehead atoms. The number of hydrogen-bond donors (Lipinski definition) is 1. The van der Waals surface area contributed by atoms with E-state index in [-0.39, 0.29) is 11.6 Å². The van der Waals surface area contributed by atoms with Crippen LogP contribution >= 0.6 is 11.6 Å². The lowest BCUT2D eigenvalue weighted by Gasteiger charge is -2.28. The van der Waals surface area contributed by atoms with Crippen LogP contribution in [-0.4, -0.2) is 56.0 Å². The van der Waals surface area contributed by atoms with E-state index in [0.717, 1.165) is 12.1 Å². The lowest BCUT2D eigenvalue weighted by atomic mass is 10.1. The number of carbonyl (C=O) groups is 1. The Kier molecular flexibility index (Phi) is 7.67. The fourth-order valence-electron chi connectivity index (χ4n) is 2.04. The molecule has 0 aliphatic rings. The average molecular weight is 316 g/mol. The smallest absolute Gasteiger partial charge is 0.335 e. The van der Waals surface area contributed by atoms with Crippen molar-refractivity contribution in [3.8, 4) is 0 Å². The predicted octanol–water partition coefficient (Wildman–Crippen LogP) is 2.52. The van der Waals surface area contributed by atoms with E-state index in [0.29, 0.717) is 24.8 Å². The first-order valence-corrected chi connectivity index (χ1v) is 7.11. The van der Waals surface area contributed by atoms with Crippen LogP contribution in [0.25, 0.3) is 0 Å². The standard InChI is InChI=1S/C15H22ClNO4/c1-11(10-21-3)17(6-7-20-2)9-13-5-4-12(15(18)19)8-14(13)16/h4-5,8,11H,6-7,9-10H2,1-3H3,(H,18,19). The molecule has 1 rings (SSSR count). The Balaban J connectivity index is 2.84. The monoisotopic (exact) mass is 315 g/mol. The van der Waals surface area contributed by atoms with Gasteiger partial charge in [-0.05, 0) is 24.6 Å². The number of hydrogen-bond acceptors (Lipinski definition) is 4. The van der Waals surface area contributed by atoms with Crippen molar-refractivity contribution in [2.75, 3.05) is 34.0 Å². The molecule has 5 nitrogen and oxygen atoms in total. The third-order valence-corrected chi connectivity index (χ3v) is 3.64. The molecule has 0 heterocycles. The van der Waals surface area contributed by atoms with Crippen LogP contribution in [0.4, 0.5) is 0 Å². The molecule has 0 aliphatic heterocycles. The van der Waals surface area contributed by atoms with E-state index < -0.39 is 5.97 Å². The number of carboxylic acids is 1. The summed E-state index contributed by atoms with van der Waals surface area (Å²) in [5.74, 6) is -0.979. The highest BCUT2D eigenvalue weighted by atomic mass is 35.5. The zero-order valence-corrected chi connectivity index (χ0v) is 13.4. The molecule has 0 aromatic heterocycles. The van der Waals surface area contributed by atoms with Gasteiger partial charge in [-0.15, -0.1) is 0 Å². The van der Waals surface area contributed by atoms with Crippen LogP contribution in [0.5, 0.6) is 0 Å². The Morgan fingerprint density at radius 2 is 2.10 bits per heavy atom. The molecule has 0 aliphatic carbocycles. The third kappa shape index (κ3) is 5.63. The first-order chi connectivity index (χ1) is 9.99. The van der Waals surface area contributed by atoms with E-state index in [1.165, 1.54) is 6.07 Å². The predicted molar refractivity (Wildman–Crippen MR) is 82.0 cm³/mol. The van der Waals surface area contributed by atoms with Gasteiger partial charge in [0.1, 0.15) is 0 Å². The highest BCUT2D eigenvalue weighted by Crippen LogP contribution is 2.20. The number of halogens is 1. The minimum Gasteiger partial charge on any atom is -0.478 e. The quantitative estimate of drug-likeness (QED) is 0.759. The Morgan fingerprint density at radius 1 is 1.38 bits per heavy atom. The number of methoxy groups -OCH3 is 2. The van der Waals surface area contributed by atoms with Gasteiger partial charge in [0.15, 0.2) is 0 Å². The van der Waals surface area contributed by atoms with Crippen LogP contribution in [0.3, 0.4) is 0 Å². The molecular formula is C15H22ClNO4. The Bertz CT molecular complexity index is 467. The summed E-state index contributed by atoms with van der Waals surface area (Å²) in [6.45, 7) is 4.65. The molecule has 1 N–H and O–H groups in total. The van der Waals surface area contributed by atoms with Gasteiger partial charge in [-0.3, -0.25) is 4.90 Å². The molecule has 21 heavy (non-hydrogen) atoms. The van der Waals surface area contributed by atoms with Gasteiger partial charge in [-0.1, -0.05) is 17.7 Å². The SMILES string of the molecule is COCCN(Cc1ccc(C(=O)O)cc1Cl)C(C)COC. The van der Waals surface area contributed by atoms with Gasteiger partial charge < -0.3 is 14.6 Å². The summed E-state index contributed by atoms with van der Waals surface area (Å²) in [5, 5.41) is 9.41. The van der Waals surface area contributed by atoms with E-state index in [1.807, 2.05) is 0 Å². The molecular weight excluding hydrogens is 294 g/mol. The summed E-state index contributed by atoms with van der Waals surface area (Å²) in [5.41, 5.74) is 1.08. The molecule has 0 fully saturated rings. The van der Waals surface area contributed by atoms with Crippen molar-refractivity contribution in [3.63, 3.8) is 0 Å². The number of aromatic carboxylic acids is 1. The lowest BCUT2D eigenvalue weighted by Crippen LogP contribution is -2.38. The number of carboxylic acid groups (broad SMARTS) is 1. The molecule has 0 saturated carbocycles. The number of nitrogens with zero attached hydrogens (tertiary/aromatic N) is 1. The lowest BCUT2D eigenvalue weighted by molar-refractivity contribution is 0.0695. The molecule has 118 valence electrons. The zero-order valence-electron chi connectivity index (χ0n) is 12.6. The molecule has 1 aromatic rings. The van der Waals surface area contributed by atoms with Crippen molar-refractivity contribution < 1.29 is 19.4 Å². The van der Waals surface area contributed by atoms with Crippen molar-refractivity contribution in [1.29, 1.82) is 0 Å². The topological polar surface area (TPSA) is 59.0 Å². The van der Waals surface area contributed by atoms with Crippen molar-refractivity contribution >= 4 is 17.6 Å². The highest BCUT2D eigenvalue weighted by molar-refractivity contribution is 6.31. The van der Waals surface area contributed by atoms with Gasteiger partial charge in [0.25, 0.3) is 0 Å². The summed E-state index contributed by atoms with van der Waals surface area (Å²) in [7, 11) is 3.33. The van der Waals surface area contributed by atoms with Gasteiger partial charge in [-0.25, -0.2) is 4.79 Å². The maximum Gasteiger partial charge on any atom is 0.335 e. The van der Waals surface area contributed by atoms with E-state index >= 15 is 0 Å². The second-order valence-corrected chi connectivity index (χ2v) is 5.29. The van der Waals surface area contributed by atoms with E-state index in [2.05, 4.69) is 11.8 Å². The van der Waals surface area contributed by atoms with Gasteiger partial charge >= 0.3 is 5.97 Å². The Hall–Kier alpha value is -1.14. The molecule has 0 radical (unpaired) electrons. The van der Waals surface area contributed by atoms with Crippen LogP contribution in [0, 0.1) is 0 Å². The third-order valence-electron chi connectivity index (χ3n) is 3.29. The number of rotatable bonds is 9. The molecule has 0 amide bonds. The molecule has 6 heteroatoms. The number of ether oxygens (including phenoxy) is 2. The summed E-state index contributed by atoms with van der Waals surface area (Å²) in [6.07, 6.45) is 0. The largest absolute Gasteiger partial charge is 0.478 e. The second kappa shape index (κ2) is 9.00. The maximum absolute atomic E-state index is 10.9. The van der Waals surface area contributed by atoms with E-state index in [9.17, 15) is 4.79 Å². The first-order valence-electron chi connectivity index (χ1n) is 6.73. The zero-order chi connectivity index (χ0) is 15.8. The normalized spacial score (nSPS) is 12.6. The molecule has 0 saturated heterocycles. The number of benzene rings is 1. The highest BCUT2D eigenvalue weighted by Gasteiger charge is 2.16. The summed E-state index contributed by atoms with van der Waals surface area (Å²) >= 11 is 6.18. The van der Waals surface area contributed by atoms with Crippen molar-refractivity contribution in [2.45, 2.75) is 19.5 Å². The fourth-order valence-corrected chi connectivity index (χ4v) is 2.28. The van der Waals surface area contributed by atoms with Crippen LogP contribution in [0.1, 0.15) is 22.8 Å². The summed E-state index contributed by atoms with van der Waals surface area (Å²) in [4.78, 5) is 13.1. The van der Waals surface area contributed by atoms with Crippen molar-refractivity contribution in [1.82, 2.24) is 4.90 Å². The molecule has 0 spiro atoms. The van der Waals surface area contributed by atoms with Crippen LogP contribution in [-0.2, 0) is 16.0 Å². The first kappa shape index (κ1) is 17.9. The molecule has 1 unspecified atom stereocenters. The van der Waals surface area contributed by atoms with Gasteiger partial charge in [0, 0.05) is 38.4 Å². The van der Waals surface area contributed by atoms with E-state index in [1.54, 1.807) is 26.4 Å². The van der Waals surface area contributed by atoms with Crippen molar-refractivity contribution in [2.24, 2.45) is 0 Å². The molecule has 1 aromatic carbocycles. The minimum absolute atomic E-state index is 0.192.